The second-order valence-corrected chi connectivity index (χ2v) is 16.7. The number of para-hydroxylation sites is 4. The molecule has 13 aromatic rings. The molecule has 5 heteroatoms. The Kier molecular flexibility index (Phi) is 7.44. The summed E-state index contributed by atoms with van der Waals surface area (Å²) in [6.07, 6.45) is 0. The molecule has 0 spiro atoms. The van der Waals surface area contributed by atoms with Gasteiger partial charge in [0, 0.05) is 42.6 Å². The Hall–Kier alpha value is -7.86. The van der Waals surface area contributed by atoms with Gasteiger partial charge in [-0.15, -0.1) is 11.3 Å². The van der Waals surface area contributed by atoms with Crippen LogP contribution in [0.15, 0.2) is 206 Å². The Balaban J connectivity index is 1.09. The van der Waals surface area contributed by atoms with Crippen LogP contribution in [0.5, 0.6) is 0 Å². The average molecular weight is 795 g/mol. The van der Waals surface area contributed by atoms with E-state index in [0.29, 0.717) is 0 Å². The third-order valence-corrected chi connectivity index (χ3v) is 13.6. The third kappa shape index (κ3) is 5.11. The summed E-state index contributed by atoms with van der Waals surface area (Å²) < 4.78 is 7.42. The lowest BCUT2D eigenvalue weighted by Crippen LogP contribution is -2.03. The Morgan fingerprint density at radius 3 is 1.54 bits per heavy atom. The van der Waals surface area contributed by atoms with E-state index in [1.165, 1.54) is 80.7 Å². The minimum Gasteiger partial charge on any atom is -0.308 e. The fourth-order valence-corrected chi connectivity index (χ4v) is 11.0. The van der Waals surface area contributed by atoms with Crippen molar-refractivity contribution >= 4 is 86.2 Å². The van der Waals surface area contributed by atoms with Gasteiger partial charge in [0.05, 0.1) is 43.5 Å². The highest BCUT2D eigenvalue weighted by molar-refractivity contribution is 7.26. The predicted molar refractivity (Wildman–Crippen MR) is 257 cm³/mol. The summed E-state index contributed by atoms with van der Waals surface area (Å²) in [6, 6.07) is 74.0. The number of benzene rings is 9. The molecule has 13 rings (SSSR count). The monoisotopic (exact) mass is 794 g/mol. The highest BCUT2D eigenvalue weighted by atomic mass is 32.1. The summed E-state index contributed by atoms with van der Waals surface area (Å²) >= 11 is 1.89. The maximum Gasteiger partial charge on any atom is 0.165 e. The molecule has 0 unspecified atom stereocenters. The molecule has 0 aliphatic heterocycles. The fraction of sp³-hybridized carbons (Fsp3) is 0. The highest BCUT2D eigenvalue weighted by Crippen LogP contribution is 2.47. The van der Waals surface area contributed by atoms with E-state index in [9.17, 15) is 0 Å². The molecule has 0 aliphatic rings. The summed E-state index contributed by atoms with van der Waals surface area (Å²) in [5.74, 6) is 0.810. The molecule has 284 valence electrons. The summed E-state index contributed by atoms with van der Waals surface area (Å²) in [6.45, 7) is 0. The van der Waals surface area contributed by atoms with Gasteiger partial charge in [-0.3, -0.25) is 4.57 Å². The van der Waals surface area contributed by atoms with Gasteiger partial charge < -0.3 is 4.57 Å². The first-order valence-electron chi connectivity index (χ1n) is 20.7. The number of aromatic nitrogens is 4. The molecule has 0 saturated carbocycles. The standard InChI is InChI=1S/C56H34N4S/c1-3-15-35(16-4-1)36-29-31-38(32-30-36)53-56(58-45-25-10-9-24-44(45)57-53)60-47-27-12-8-20-43(47)52-49(60)34-33-48-51(52)42-19-7-11-26-46(42)59(48)50-28-14-23-41-40-22-13-21-39(54(40)61-55(41)50)37-17-5-2-6-18-37/h1-34H. The Morgan fingerprint density at radius 2 is 0.836 bits per heavy atom. The first-order chi connectivity index (χ1) is 30.3. The van der Waals surface area contributed by atoms with Crippen LogP contribution in [0.3, 0.4) is 0 Å². The van der Waals surface area contributed by atoms with Crippen molar-refractivity contribution in [3.05, 3.63) is 206 Å². The van der Waals surface area contributed by atoms with Crippen molar-refractivity contribution in [3.8, 4) is 45.0 Å². The zero-order chi connectivity index (χ0) is 40.0. The van der Waals surface area contributed by atoms with Gasteiger partial charge in [0.25, 0.3) is 0 Å². The molecule has 4 heterocycles. The largest absolute Gasteiger partial charge is 0.308 e. The first-order valence-corrected chi connectivity index (χ1v) is 21.5. The van der Waals surface area contributed by atoms with Crippen molar-refractivity contribution in [2.45, 2.75) is 0 Å². The van der Waals surface area contributed by atoms with Crippen LogP contribution in [0.2, 0.25) is 0 Å². The minimum absolute atomic E-state index is 0.810. The molecule has 0 bridgehead atoms. The molecular formula is C56H34N4S. The van der Waals surface area contributed by atoms with Crippen molar-refractivity contribution in [2.24, 2.45) is 0 Å². The van der Waals surface area contributed by atoms with Gasteiger partial charge in [0.15, 0.2) is 5.82 Å². The summed E-state index contributed by atoms with van der Waals surface area (Å²) in [4.78, 5) is 10.8. The van der Waals surface area contributed by atoms with Crippen molar-refractivity contribution in [3.63, 3.8) is 0 Å². The summed E-state index contributed by atoms with van der Waals surface area (Å²) in [5.41, 5.74) is 14.2. The Bertz CT molecular complexity index is 3860. The normalized spacial score (nSPS) is 11.9. The van der Waals surface area contributed by atoms with Crippen LogP contribution in [-0.4, -0.2) is 19.1 Å². The minimum atomic E-state index is 0.810. The quantitative estimate of drug-likeness (QED) is 0.174. The Labute approximate surface area is 354 Å². The van der Waals surface area contributed by atoms with Gasteiger partial charge >= 0.3 is 0 Å². The molecule has 61 heavy (non-hydrogen) atoms. The van der Waals surface area contributed by atoms with Crippen LogP contribution in [-0.2, 0) is 0 Å². The summed E-state index contributed by atoms with van der Waals surface area (Å²) in [7, 11) is 0. The molecule has 9 aromatic carbocycles. The number of hydrogen-bond donors (Lipinski definition) is 0. The predicted octanol–water partition coefficient (Wildman–Crippen LogP) is 15.2. The van der Waals surface area contributed by atoms with E-state index in [-0.39, 0.29) is 0 Å². The molecule has 0 radical (unpaired) electrons. The topological polar surface area (TPSA) is 35.6 Å². The second kappa shape index (κ2) is 13.3. The smallest absolute Gasteiger partial charge is 0.165 e. The van der Waals surface area contributed by atoms with E-state index in [1.807, 2.05) is 23.5 Å². The summed E-state index contributed by atoms with van der Waals surface area (Å²) in [5, 5.41) is 7.40. The van der Waals surface area contributed by atoms with E-state index >= 15 is 0 Å². The van der Waals surface area contributed by atoms with Crippen molar-refractivity contribution in [1.29, 1.82) is 0 Å². The molecule has 0 amide bonds. The molecule has 0 fully saturated rings. The van der Waals surface area contributed by atoms with Gasteiger partial charge in [-0.1, -0.05) is 164 Å². The number of nitrogens with zero attached hydrogens (tertiary/aromatic N) is 4. The van der Waals surface area contributed by atoms with E-state index < -0.39 is 0 Å². The van der Waals surface area contributed by atoms with Crippen molar-refractivity contribution < 1.29 is 0 Å². The van der Waals surface area contributed by atoms with Crippen LogP contribution in [0.4, 0.5) is 0 Å². The maximum atomic E-state index is 5.45. The molecule has 0 saturated heterocycles. The molecule has 0 atom stereocenters. The van der Waals surface area contributed by atoms with Gasteiger partial charge in [0.2, 0.25) is 0 Å². The van der Waals surface area contributed by atoms with E-state index in [2.05, 4.69) is 203 Å². The number of thiophene rings is 1. The number of rotatable bonds is 5. The second-order valence-electron chi connectivity index (χ2n) is 15.7. The Morgan fingerprint density at radius 1 is 0.328 bits per heavy atom. The van der Waals surface area contributed by atoms with Crippen LogP contribution in [0.25, 0.3) is 120 Å². The zero-order valence-electron chi connectivity index (χ0n) is 32.8. The highest BCUT2D eigenvalue weighted by Gasteiger charge is 2.24. The van der Waals surface area contributed by atoms with Gasteiger partial charge in [0.1, 0.15) is 5.69 Å². The van der Waals surface area contributed by atoms with E-state index in [0.717, 1.165) is 39.1 Å². The molecular weight excluding hydrogens is 761 g/mol. The molecule has 4 nitrogen and oxygen atoms in total. The average Bonchev–Trinajstić information content (AvgIpc) is 4.00. The lowest BCUT2D eigenvalue weighted by atomic mass is 10.0. The zero-order valence-corrected chi connectivity index (χ0v) is 33.6. The molecule has 0 aliphatic carbocycles. The van der Waals surface area contributed by atoms with Crippen LogP contribution >= 0.6 is 11.3 Å². The van der Waals surface area contributed by atoms with Crippen LogP contribution in [0, 0.1) is 0 Å². The maximum absolute atomic E-state index is 5.45. The lowest BCUT2D eigenvalue weighted by molar-refractivity contribution is 1.08. The molecule has 4 aromatic heterocycles. The lowest BCUT2D eigenvalue weighted by Gasteiger charge is -2.14. The SMILES string of the molecule is c1ccc(-c2ccc(-c3nc4ccccc4nc3-n3c4ccccc4c4c5c6ccccc6n(-c6cccc7c6sc6c(-c8ccccc8)cccc67)c5ccc43)cc2)cc1. The van der Waals surface area contributed by atoms with E-state index in [4.69, 9.17) is 9.97 Å². The number of fused-ring (bicyclic) bond motifs is 11. The third-order valence-electron chi connectivity index (χ3n) is 12.3. The van der Waals surface area contributed by atoms with Crippen molar-refractivity contribution in [2.75, 3.05) is 0 Å². The van der Waals surface area contributed by atoms with Gasteiger partial charge in [-0.25, -0.2) is 9.97 Å². The van der Waals surface area contributed by atoms with Gasteiger partial charge in [-0.05, 0) is 64.7 Å². The first kappa shape index (κ1) is 34.0. The number of hydrogen-bond acceptors (Lipinski definition) is 3. The van der Waals surface area contributed by atoms with Gasteiger partial charge in [-0.2, -0.15) is 0 Å². The van der Waals surface area contributed by atoms with Crippen LogP contribution in [0.1, 0.15) is 0 Å². The van der Waals surface area contributed by atoms with Crippen LogP contribution < -0.4 is 0 Å². The fourth-order valence-electron chi connectivity index (χ4n) is 9.62. The van der Waals surface area contributed by atoms with Crippen molar-refractivity contribution in [1.82, 2.24) is 19.1 Å². The van der Waals surface area contributed by atoms with E-state index in [1.54, 1.807) is 0 Å². The molecule has 0 N–H and O–H groups in total.